The summed E-state index contributed by atoms with van der Waals surface area (Å²) < 4.78 is 30.3. The first-order valence-electron chi connectivity index (χ1n) is 9.71. The van der Waals surface area contributed by atoms with Crippen molar-refractivity contribution in [1.29, 1.82) is 0 Å². The molecule has 8 heteroatoms. The molecule has 1 aliphatic rings. The van der Waals surface area contributed by atoms with E-state index in [1.807, 2.05) is 24.3 Å². The second kappa shape index (κ2) is 10.0. The van der Waals surface area contributed by atoms with Crippen LogP contribution in [-0.4, -0.2) is 36.9 Å². The highest BCUT2D eigenvalue weighted by Crippen LogP contribution is 2.34. The van der Waals surface area contributed by atoms with Crippen LogP contribution in [0.2, 0.25) is 0 Å². The molecular weight excluding hydrogens is 409 g/mol. The van der Waals surface area contributed by atoms with E-state index in [1.165, 1.54) is 6.07 Å². The summed E-state index contributed by atoms with van der Waals surface area (Å²) in [4.78, 5) is 4.66. The van der Waals surface area contributed by atoms with Crippen LogP contribution in [0.1, 0.15) is 24.3 Å². The summed E-state index contributed by atoms with van der Waals surface area (Å²) in [6.45, 7) is 2.64. The van der Waals surface area contributed by atoms with Crippen LogP contribution < -0.4 is 10.1 Å². The van der Waals surface area contributed by atoms with Gasteiger partial charge in [-0.3, -0.25) is 0 Å². The van der Waals surface area contributed by atoms with Crippen LogP contribution in [0.5, 0.6) is 5.75 Å². The average molecular weight is 434 g/mol. The molecule has 160 valence electrons. The molecule has 0 bridgehead atoms. The molecule has 30 heavy (non-hydrogen) atoms. The second-order valence-electron chi connectivity index (χ2n) is 7.30. The highest BCUT2D eigenvalue weighted by atomic mass is 35.5. The van der Waals surface area contributed by atoms with Crippen LogP contribution in [0, 0.1) is 5.82 Å². The van der Waals surface area contributed by atoms with Crippen LogP contribution in [0.4, 0.5) is 4.39 Å². The van der Waals surface area contributed by atoms with Gasteiger partial charge in [0.25, 0.3) is 0 Å². The first kappa shape index (κ1) is 22.2. The number of ether oxygens (including phenoxy) is 2. The van der Waals surface area contributed by atoms with E-state index in [4.69, 9.17) is 14.0 Å². The molecule has 3 aromatic rings. The van der Waals surface area contributed by atoms with Crippen LogP contribution in [0.3, 0.4) is 0 Å². The number of methoxy groups -OCH3 is 1. The number of aromatic nitrogens is 2. The Balaban J connectivity index is 0.00000256. The van der Waals surface area contributed by atoms with Gasteiger partial charge in [-0.2, -0.15) is 4.98 Å². The zero-order valence-corrected chi connectivity index (χ0v) is 17.6. The number of piperidine rings is 1. The van der Waals surface area contributed by atoms with Gasteiger partial charge >= 0.3 is 0 Å². The third kappa shape index (κ3) is 4.80. The summed E-state index contributed by atoms with van der Waals surface area (Å²) in [6, 6.07) is 14.0. The second-order valence-corrected chi connectivity index (χ2v) is 7.30. The van der Waals surface area contributed by atoms with Crippen molar-refractivity contribution in [1.82, 2.24) is 15.5 Å². The molecule has 0 atom stereocenters. The van der Waals surface area contributed by atoms with Gasteiger partial charge in [0.05, 0.1) is 12.0 Å². The number of hydrogen-bond acceptors (Lipinski definition) is 6. The van der Waals surface area contributed by atoms with E-state index in [0.717, 1.165) is 37.1 Å². The van der Waals surface area contributed by atoms with Crippen molar-refractivity contribution >= 4 is 12.4 Å². The molecule has 2 aromatic carbocycles. The molecule has 0 spiro atoms. The lowest BCUT2D eigenvalue weighted by Gasteiger charge is -2.33. The predicted molar refractivity (Wildman–Crippen MR) is 113 cm³/mol. The van der Waals surface area contributed by atoms with E-state index in [9.17, 15) is 4.39 Å². The molecule has 1 saturated heterocycles. The Hall–Kier alpha value is -2.48. The maximum Gasteiger partial charge on any atom is 0.235 e. The lowest BCUT2D eigenvalue weighted by atomic mass is 9.79. The number of benzene rings is 2. The van der Waals surface area contributed by atoms with Crippen molar-refractivity contribution in [2.75, 3.05) is 26.8 Å². The van der Waals surface area contributed by atoms with E-state index in [2.05, 4.69) is 15.5 Å². The van der Waals surface area contributed by atoms with Gasteiger partial charge in [-0.25, -0.2) is 4.39 Å². The molecule has 0 radical (unpaired) electrons. The van der Waals surface area contributed by atoms with Gasteiger partial charge in [0.2, 0.25) is 11.7 Å². The maximum absolute atomic E-state index is 13.7. The van der Waals surface area contributed by atoms with Crippen LogP contribution in [-0.2, 0) is 16.8 Å². The fourth-order valence-corrected chi connectivity index (χ4v) is 3.63. The zero-order valence-electron chi connectivity index (χ0n) is 16.8. The number of halogens is 2. The van der Waals surface area contributed by atoms with Crippen molar-refractivity contribution in [3.63, 3.8) is 0 Å². The molecule has 4 rings (SSSR count). The number of nitrogens with one attached hydrogen (secondary N) is 1. The fraction of sp³-hybridized carbons (Fsp3) is 0.364. The Morgan fingerprint density at radius 2 is 1.83 bits per heavy atom. The Labute approximate surface area is 181 Å². The first-order valence-corrected chi connectivity index (χ1v) is 9.71. The Kier molecular flexibility index (Phi) is 7.42. The summed E-state index contributed by atoms with van der Waals surface area (Å²) >= 11 is 0. The Morgan fingerprint density at radius 3 is 2.53 bits per heavy atom. The van der Waals surface area contributed by atoms with Gasteiger partial charge in [0.15, 0.2) is 11.6 Å². The quantitative estimate of drug-likeness (QED) is 0.603. The smallest absolute Gasteiger partial charge is 0.235 e. The molecule has 6 nitrogen and oxygen atoms in total. The molecule has 0 saturated carbocycles. The van der Waals surface area contributed by atoms with Crippen molar-refractivity contribution in [3.05, 3.63) is 65.8 Å². The van der Waals surface area contributed by atoms with Gasteiger partial charge in [0.1, 0.15) is 6.61 Å². The molecule has 0 unspecified atom stereocenters. The number of nitrogens with zero attached hydrogens (tertiary/aromatic N) is 2. The van der Waals surface area contributed by atoms with Crippen LogP contribution >= 0.6 is 12.4 Å². The lowest BCUT2D eigenvalue weighted by molar-refractivity contribution is 0.0850. The minimum atomic E-state index is -0.369. The topological polar surface area (TPSA) is 69.4 Å². The molecule has 2 heterocycles. The molecule has 1 fully saturated rings. The normalized spacial score (nSPS) is 15.4. The number of hydrogen-bond donors (Lipinski definition) is 1. The van der Waals surface area contributed by atoms with E-state index < -0.39 is 0 Å². The standard InChI is InChI=1S/C22H24FN3O3.ClH/c1-27-15-22(10-12-24-13-11-22)21-25-20(26-29-21)17-8-6-16(7-9-17)14-28-19-5-3-2-4-18(19)23;/h2-9,24H,10-15H2,1H3;1H. The summed E-state index contributed by atoms with van der Waals surface area (Å²) in [5, 5.41) is 7.54. The van der Waals surface area contributed by atoms with Crippen molar-refractivity contribution in [3.8, 4) is 17.1 Å². The average Bonchev–Trinajstić information content (AvgIpc) is 3.26. The molecule has 0 amide bonds. The summed E-state index contributed by atoms with van der Waals surface area (Å²) in [5.41, 5.74) is 1.55. The highest BCUT2D eigenvalue weighted by molar-refractivity contribution is 5.85. The summed E-state index contributed by atoms with van der Waals surface area (Å²) in [6.07, 6.45) is 1.80. The Morgan fingerprint density at radius 1 is 1.10 bits per heavy atom. The van der Waals surface area contributed by atoms with Crippen molar-refractivity contribution < 1.29 is 18.4 Å². The van der Waals surface area contributed by atoms with E-state index >= 15 is 0 Å². The minimum absolute atomic E-state index is 0. The van der Waals surface area contributed by atoms with Gasteiger partial charge < -0.3 is 19.3 Å². The van der Waals surface area contributed by atoms with E-state index in [1.54, 1.807) is 25.3 Å². The predicted octanol–water partition coefficient (Wildman–Crippen LogP) is 4.14. The Bertz CT molecular complexity index is 937. The fourth-order valence-electron chi connectivity index (χ4n) is 3.63. The maximum atomic E-state index is 13.7. The molecule has 0 aliphatic carbocycles. The van der Waals surface area contributed by atoms with E-state index in [0.29, 0.717) is 18.3 Å². The number of rotatable bonds is 7. The third-order valence-electron chi connectivity index (χ3n) is 5.30. The molecular formula is C22H25ClFN3O3. The van der Waals surface area contributed by atoms with Crippen LogP contribution in [0.25, 0.3) is 11.4 Å². The molecule has 1 aromatic heterocycles. The van der Waals surface area contributed by atoms with Gasteiger partial charge in [0, 0.05) is 12.7 Å². The lowest BCUT2D eigenvalue weighted by Crippen LogP contribution is -2.43. The number of para-hydroxylation sites is 1. The first-order chi connectivity index (χ1) is 14.2. The van der Waals surface area contributed by atoms with Crippen molar-refractivity contribution in [2.45, 2.75) is 24.9 Å². The zero-order chi connectivity index (χ0) is 20.1. The molecule has 1 N–H and O–H groups in total. The summed E-state index contributed by atoms with van der Waals surface area (Å²) in [5.74, 6) is 1.05. The van der Waals surface area contributed by atoms with Gasteiger partial charge in [-0.15, -0.1) is 12.4 Å². The monoisotopic (exact) mass is 433 g/mol. The molecule has 1 aliphatic heterocycles. The van der Waals surface area contributed by atoms with Gasteiger partial charge in [-0.1, -0.05) is 41.6 Å². The minimum Gasteiger partial charge on any atom is -0.486 e. The van der Waals surface area contributed by atoms with E-state index in [-0.39, 0.29) is 36.0 Å². The highest BCUT2D eigenvalue weighted by Gasteiger charge is 2.39. The third-order valence-corrected chi connectivity index (χ3v) is 5.30. The van der Waals surface area contributed by atoms with Crippen LogP contribution in [0.15, 0.2) is 53.1 Å². The largest absolute Gasteiger partial charge is 0.486 e. The summed E-state index contributed by atoms with van der Waals surface area (Å²) in [7, 11) is 1.70. The SMILES string of the molecule is COCC1(c2nc(-c3ccc(COc4ccccc4F)cc3)no2)CCNCC1.Cl. The van der Waals surface area contributed by atoms with Gasteiger partial charge in [-0.05, 0) is 43.6 Å². The van der Waals surface area contributed by atoms with Crippen molar-refractivity contribution in [2.24, 2.45) is 0 Å².